The number of amides is 1. The number of anilines is 3. The number of hydrogen-bond donors (Lipinski definition) is 3. The standard InChI is InChI=1S/C25H28ClN5O4/c1-13-7-8-15(26)29-16(13)23(25(2)10-5-6-11-25)30-18-17(21(33)22(18)34)28-14-9-12-27-19(20(14)32)24(35)31(3)4/h7-9,12,23,30,32H,5-6,10-11H2,1-4H3,(H,27,28)/t23-/m0/s1. The van der Waals surface area contributed by atoms with Crippen LogP contribution in [0.1, 0.15) is 60.4 Å². The molecule has 0 spiro atoms. The van der Waals surface area contributed by atoms with Crippen LogP contribution in [0.5, 0.6) is 5.75 Å². The highest BCUT2D eigenvalue weighted by Gasteiger charge is 2.41. The van der Waals surface area contributed by atoms with E-state index in [1.54, 1.807) is 6.07 Å². The fourth-order valence-electron chi connectivity index (χ4n) is 4.71. The summed E-state index contributed by atoms with van der Waals surface area (Å²) < 4.78 is 0. The van der Waals surface area contributed by atoms with E-state index in [4.69, 9.17) is 11.6 Å². The predicted octanol–water partition coefficient (Wildman–Crippen LogP) is 3.92. The van der Waals surface area contributed by atoms with Crippen molar-refractivity contribution < 1.29 is 9.90 Å². The first-order valence-corrected chi connectivity index (χ1v) is 11.8. The van der Waals surface area contributed by atoms with Crippen molar-refractivity contribution in [3.05, 3.63) is 66.9 Å². The zero-order valence-corrected chi connectivity index (χ0v) is 20.9. The molecule has 1 atom stereocenters. The lowest BCUT2D eigenvalue weighted by Gasteiger charge is -2.36. The molecule has 3 aromatic rings. The summed E-state index contributed by atoms with van der Waals surface area (Å²) in [6.07, 6.45) is 5.31. The SMILES string of the molecule is Cc1ccc(Cl)nc1[C@H](Nc1c(Nc2ccnc(C(=O)N(C)C)c2O)c(=O)c1=O)C1(C)CCCC1. The number of aromatic nitrogens is 2. The van der Waals surface area contributed by atoms with Gasteiger partial charge < -0.3 is 20.6 Å². The number of nitrogens with zero attached hydrogens (tertiary/aromatic N) is 3. The first-order valence-electron chi connectivity index (χ1n) is 11.4. The van der Waals surface area contributed by atoms with Crippen LogP contribution in [-0.4, -0.2) is 40.0 Å². The van der Waals surface area contributed by atoms with E-state index < -0.39 is 22.5 Å². The number of halogens is 1. The Labute approximate surface area is 207 Å². The van der Waals surface area contributed by atoms with E-state index in [1.807, 2.05) is 13.0 Å². The molecule has 3 N–H and O–H groups in total. The third kappa shape index (κ3) is 4.48. The second kappa shape index (κ2) is 9.30. The van der Waals surface area contributed by atoms with Crippen LogP contribution in [0.4, 0.5) is 17.1 Å². The summed E-state index contributed by atoms with van der Waals surface area (Å²) in [5, 5.41) is 17.1. The topological polar surface area (TPSA) is 125 Å². The minimum absolute atomic E-state index is 0.0195. The van der Waals surface area contributed by atoms with Crippen molar-refractivity contribution in [3.63, 3.8) is 0 Å². The number of carbonyl (C=O) groups excluding carboxylic acids is 1. The second-order valence-electron chi connectivity index (χ2n) is 9.56. The minimum Gasteiger partial charge on any atom is -0.504 e. The van der Waals surface area contributed by atoms with Crippen molar-refractivity contribution in [2.24, 2.45) is 5.41 Å². The Morgan fingerprint density at radius 3 is 2.46 bits per heavy atom. The smallest absolute Gasteiger partial charge is 0.275 e. The van der Waals surface area contributed by atoms with Crippen molar-refractivity contribution in [2.45, 2.75) is 45.6 Å². The molecule has 1 aliphatic rings. The van der Waals surface area contributed by atoms with Crippen LogP contribution in [0.15, 0.2) is 34.0 Å². The molecule has 2 aromatic heterocycles. The zero-order chi connectivity index (χ0) is 25.5. The number of hydrogen-bond acceptors (Lipinski definition) is 8. The molecular formula is C25H28ClN5O4. The first-order chi connectivity index (χ1) is 16.5. The van der Waals surface area contributed by atoms with E-state index in [2.05, 4.69) is 27.5 Å². The molecule has 10 heteroatoms. The summed E-state index contributed by atoms with van der Waals surface area (Å²) in [5.74, 6) is -0.900. The monoisotopic (exact) mass is 497 g/mol. The molecule has 1 amide bonds. The molecular weight excluding hydrogens is 470 g/mol. The van der Waals surface area contributed by atoms with Crippen LogP contribution < -0.4 is 21.5 Å². The Hall–Kier alpha value is -3.46. The van der Waals surface area contributed by atoms with E-state index in [9.17, 15) is 19.5 Å². The number of aryl methyl sites for hydroxylation is 1. The molecule has 0 radical (unpaired) electrons. The Kier molecular flexibility index (Phi) is 6.55. The molecule has 1 fully saturated rings. The van der Waals surface area contributed by atoms with Gasteiger partial charge >= 0.3 is 0 Å². The summed E-state index contributed by atoms with van der Waals surface area (Å²) in [7, 11) is 3.08. The van der Waals surface area contributed by atoms with Gasteiger partial charge in [0.25, 0.3) is 16.8 Å². The molecule has 1 aromatic carbocycles. The Bertz CT molecular complexity index is 1360. The van der Waals surface area contributed by atoms with Crippen molar-refractivity contribution >= 4 is 34.6 Å². The van der Waals surface area contributed by atoms with E-state index in [0.29, 0.717) is 5.15 Å². The van der Waals surface area contributed by atoms with Crippen LogP contribution in [-0.2, 0) is 0 Å². The third-order valence-electron chi connectivity index (χ3n) is 6.81. The maximum absolute atomic E-state index is 12.7. The fraction of sp³-hybridized carbons (Fsp3) is 0.400. The molecule has 4 rings (SSSR count). The highest BCUT2D eigenvalue weighted by molar-refractivity contribution is 6.29. The van der Waals surface area contributed by atoms with Gasteiger partial charge in [-0.05, 0) is 42.9 Å². The van der Waals surface area contributed by atoms with Gasteiger partial charge in [0, 0.05) is 20.3 Å². The summed E-state index contributed by atoms with van der Waals surface area (Å²) in [5.41, 5.74) is 0.149. The largest absolute Gasteiger partial charge is 0.504 e. The molecule has 0 bridgehead atoms. The summed E-state index contributed by atoms with van der Waals surface area (Å²) >= 11 is 6.22. The van der Waals surface area contributed by atoms with Gasteiger partial charge in [0.15, 0.2) is 11.4 Å². The Morgan fingerprint density at radius 2 is 1.80 bits per heavy atom. The lowest BCUT2D eigenvalue weighted by molar-refractivity contribution is 0.0819. The van der Waals surface area contributed by atoms with Gasteiger partial charge in [-0.2, -0.15) is 0 Å². The molecule has 0 saturated heterocycles. The molecule has 184 valence electrons. The third-order valence-corrected chi connectivity index (χ3v) is 7.02. The average Bonchev–Trinajstić information content (AvgIpc) is 3.27. The van der Waals surface area contributed by atoms with Gasteiger partial charge in [0.2, 0.25) is 0 Å². The quantitative estimate of drug-likeness (QED) is 0.331. The Balaban J connectivity index is 1.72. The summed E-state index contributed by atoms with van der Waals surface area (Å²) in [6, 6.07) is 4.68. The molecule has 2 heterocycles. The first kappa shape index (κ1) is 24.7. The van der Waals surface area contributed by atoms with Crippen molar-refractivity contribution in [3.8, 4) is 5.75 Å². The van der Waals surface area contributed by atoms with E-state index in [-0.39, 0.29) is 34.2 Å². The van der Waals surface area contributed by atoms with Crippen LogP contribution >= 0.6 is 11.6 Å². The maximum atomic E-state index is 12.7. The number of aromatic hydroxyl groups is 1. The molecule has 0 unspecified atom stereocenters. The minimum atomic E-state index is -0.713. The Morgan fingerprint density at radius 1 is 1.14 bits per heavy atom. The second-order valence-corrected chi connectivity index (χ2v) is 9.95. The normalized spacial score (nSPS) is 15.7. The highest BCUT2D eigenvalue weighted by Crippen LogP contribution is 2.49. The highest BCUT2D eigenvalue weighted by atomic mass is 35.5. The number of nitrogens with one attached hydrogen (secondary N) is 2. The summed E-state index contributed by atoms with van der Waals surface area (Å²) in [4.78, 5) is 47.3. The summed E-state index contributed by atoms with van der Waals surface area (Å²) in [6.45, 7) is 4.08. The maximum Gasteiger partial charge on any atom is 0.275 e. The molecule has 1 saturated carbocycles. The number of pyridine rings is 2. The molecule has 9 nitrogen and oxygen atoms in total. The van der Waals surface area contributed by atoms with Gasteiger partial charge in [-0.15, -0.1) is 0 Å². The van der Waals surface area contributed by atoms with Gasteiger partial charge in [-0.1, -0.05) is 37.4 Å². The molecule has 0 aliphatic heterocycles. The fourth-order valence-corrected chi connectivity index (χ4v) is 4.86. The van der Waals surface area contributed by atoms with Crippen LogP contribution in [0.2, 0.25) is 5.15 Å². The van der Waals surface area contributed by atoms with Gasteiger partial charge in [0.1, 0.15) is 16.5 Å². The van der Waals surface area contributed by atoms with Crippen molar-refractivity contribution in [1.82, 2.24) is 14.9 Å². The van der Waals surface area contributed by atoms with E-state index >= 15 is 0 Å². The van der Waals surface area contributed by atoms with Crippen molar-refractivity contribution in [1.29, 1.82) is 0 Å². The van der Waals surface area contributed by atoms with Crippen molar-refractivity contribution in [2.75, 3.05) is 24.7 Å². The lowest BCUT2D eigenvalue weighted by Crippen LogP contribution is -2.40. The zero-order valence-electron chi connectivity index (χ0n) is 20.1. The van der Waals surface area contributed by atoms with Gasteiger partial charge in [-0.25, -0.2) is 9.97 Å². The van der Waals surface area contributed by atoms with Gasteiger partial charge in [0.05, 0.1) is 17.4 Å². The molecule has 1 aliphatic carbocycles. The van der Waals surface area contributed by atoms with Crippen LogP contribution in [0.25, 0.3) is 0 Å². The number of rotatable bonds is 7. The van der Waals surface area contributed by atoms with Crippen LogP contribution in [0.3, 0.4) is 0 Å². The van der Waals surface area contributed by atoms with Gasteiger partial charge in [-0.3, -0.25) is 14.4 Å². The van der Waals surface area contributed by atoms with E-state index in [1.165, 1.54) is 31.3 Å². The lowest BCUT2D eigenvalue weighted by atomic mass is 9.77. The number of carbonyl (C=O) groups is 1. The molecule has 35 heavy (non-hydrogen) atoms. The van der Waals surface area contributed by atoms with E-state index in [0.717, 1.165) is 36.9 Å². The average molecular weight is 498 g/mol. The van der Waals surface area contributed by atoms with Crippen LogP contribution in [0, 0.1) is 12.3 Å². The predicted molar refractivity (Wildman–Crippen MR) is 135 cm³/mol.